The van der Waals surface area contributed by atoms with E-state index in [2.05, 4.69) is 0 Å². The van der Waals surface area contributed by atoms with Crippen LogP contribution < -0.4 is 11.5 Å². The lowest BCUT2D eigenvalue weighted by atomic mass is 9.96. The second kappa shape index (κ2) is 5.06. The van der Waals surface area contributed by atoms with Gasteiger partial charge in [-0.3, -0.25) is 0 Å². The normalized spacial score (nSPS) is 25.6. The van der Waals surface area contributed by atoms with Gasteiger partial charge in [0.15, 0.2) is 0 Å². The average Bonchev–Trinajstić information content (AvgIpc) is 2.25. The smallest absolute Gasteiger partial charge is 0.125 e. The molecule has 0 aromatic heterocycles. The second-order valence-corrected chi connectivity index (χ2v) is 5.68. The van der Waals surface area contributed by atoms with E-state index in [4.69, 9.17) is 11.5 Å². The fraction of sp³-hybridized carbons (Fsp3) is 0.500. The summed E-state index contributed by atoms with van der Waals surface area (Å²) < 4.78 is 12.9. The Morgan fingerprint density at radius 2 is 1.88 bits per heavy atom. The minimum atomic E-state index is -0.271. The summed E-state index contributed by atoms with van der Waals surface area (Å²) in [4.78, 5) is 0.988. The van der Waals surface area contributed by atoms with E-state index in [-0.39, 0.29) is 5.82 Å². The molecule has 0 amide bonds. The van der Waals surface area contributed by atoms with Crippen LogP contribution in [0.2, 0.25) is 0 Å². The van der Waals surface area contributed by atoms with Gasteiger partial charge in [0.1, 0.15) is 5.82 Å². The van der Waals surface area contributed by atoms with E-state index in [1.54, 1.807) is 17.8 Å². The molecular formula is C12H17FN2S. The Kier molecular flexibility index (Phi) is 3.71. The molecule has 0 saturated heterocycles. The van der Waals surface area contributed by atoms with Crippen molar-refractivity contribution in [2.24, 2.45) is 5.73 Å². The first-order valence-corrected chi connectivity index (χ1v) is 6.50. The van der Waals surface area contributed by atoms with Gasteiger partial charge in [-0.1, -0.05) is 0 Å². The molecule has 1 aromatic carbocycles. The van der Waals surface area contributed by atoms with Crippen molar-refractivity contribution in [2.45, 2.75) is 41.9 Å². The molecule has 0 spiro atoms. The van der Waals surface area contributed by atoms with Crippen molar-refractivity contribution >= 4 is 17.4 Å². The van der Waals surface area contributed by atoms with Crippen molar-refractivity contribution in [1.29, 1.82) is 0 Å². The largest absolute Gasteiger partial charge is 0.398 e. The quantitative estimate of drug-likeness (QED) is 0.782. The average molecular weight is 240 g/mol. The van der Waals surface area contributed by atoms with Crippen LogP contribution in [0.1, 0.15) is 25.7 Å². The Bertz CT molecular complexity index is 362. The SMILES string of the molecule is Nc1cc(F)ccc1SC1CCC(N)CC1. The topological polar surface area (TPSA) is 52.0 Å². The van der Waals surface area contributed by atoms with Crippen molar-refractivity contribution in [2.75, 3.05) is 5.73 Å². The molecule has 16 heavy (non-hydrogen) atoms. The standard InChI is InChI=1S/C12H17FN2S/c13-8-1-6-12(11(15)7-8)16-10-4-2-9(14)3-5-10/h1,6-7,9-10H,2-5,14-15H2. The maximum atomic E-state index is 12.9. The lowest BCUT2D eigenvalue weighted by molar-refractivity contribution is 0.451. The minimum absolute atomic E-state index is 0.271. The summed E-state index contributed by atoms with van der Waals surface area (Å²) in [5.41, 5.74) is 12.2. The fourth-order valence-corrected chi connectivity index (χ4v) is 3.22. The van der Waals surface area contributed by atoms with Crippen LogP contribution in [0.5, 0.6) is 0 Å². The molecule has 2 rings (SSSR count). The molecule has 0 unspecified atom stereocenters. The van der Waals surface area contributed by atoms with E-state index >= 15 is 0 Å². The van der Waals surface area contributed by atoms with Crippen LogP contribution in [0.3, 0.4) is 0 Å². The lowest BCUT2D eigenvalue weighted by Crippen LogP contribution is -2.27. The number of halogens is 1. The fourth-order valence-electron chi connectivity index (χ4n) is 2.01. The lowest BCUT2D eigenvalue weighted by Gasteiger charge is -2.25. The molecule has 0 aliphatic heterocycles. The Morgan fingerprint density at radius 1 is 1.19 bits per heavy atom. The Hall–Kier alpha value is -0.740. The van der Waals surface area contributed by atoms with Gasteiger partial charge in [-0.15, -0.1) is 11.8 Å². The molecule has 4 heteroatoms. The number of nitrogen functional groups attached to an aromatic ring is 1. The van der Waals surface area contributed by atoms with Crippen molar-refractivity contribution in [3.8, 4) is 0 Å². The van der Waals surface area contributed by atoms with E-state index in [1.165, 1.54) is 12.1 Å². The predicted octanol–water partition coefficient (Wildman–Crippen LogP) is 2.77. The minimum Gasteiger partial charge on any atom is -0.398 e. The van der Waals surface area contributed by atoms with Crippen LogP contribution in [0.4, 0.5) is 10.1 Å². The zero-order valence-corrected chi connectivity index (χ0v) is 9.97. The van der Waals surface area contributed by atoms with E-state index < -0.39 is 0 Å². The molecule has 1 aliphatic carbocycles. The summed E-state index contributed by atoms with van der Waals surface area (Å²) in [5, 5.41) is 0.576. The van der Waals surface area contributed by atoms with Gasteiger partial charge in [-0.05, 0) is 43.9 Å². The molecule has 1 aliphatic rings. The number of nitrogens with two attached hydrogens (primary N) is 2. The highest BCUT2D eigenvalue weighted by Crippen LogP contribution is 2.36. The van der Waals surface area contributed by atoms with Crippen molar-refractivity contribution in [3.05, 3.63) is 24.0 Å². The molecule has 0 radical (unpaired) electrons. The van der Waals surface area contributed by atoms with Crippen molar-refractivity contribution in [1.82, 2.24) is 0 Å². The summed E-state index contributed by atoms with van der Waals surface area (Å²) in [6.45, 7) is 0. The number of hydrogen-bond donors (Lipinski definition) is 2. The summed E-state index contributed by atoms with van der Waals surface area (Å²) >= 11 is 1.75. The third-order valence-corrected chi connectivity index (χ3v) is 4.41. The van der Waals surface area contributed by atoms with Crippen LogP contribution in [0.15, 0.2) is 23.1 Å². The van der Waals surface area contributed by atoms with Crippen LogP contribution in [-0.2, 0) is 0 Å². The number of rotatable bonds is 2. The van der Waals surface area contributed by atoms with Gasteiger partial charge in [-0.2, -0.15) is 0 Å². The second-order valence-electron chi connectivity index (χ2n) is 4.34. The van der Waals surface area contributed by atoms with Gasteiger partial charge in [0.2, 0.25) is 0 Å². The van der Waals surface area contributed by atoms with Crippen LogP contribution in [0.25, 0.3) is 0 Å². The van der Waals surface area contributed by atoms with Crippen LogP contribution in [-0.4, -0.2) is 11.3 Å². The maximum absolute atomic E-state index is 12.9. The van der Waals surface area contributed by atoms with E-state index in [0.717, 1.165) is 30.6 Å². The molecule has 4 N–H and O–H groups in total. The number of hydrogen-bond acceptors (Lipinski definition) is 3. The van der Waals surface area contributed by atoms with E-state index in [1.807, 2.05) is 0 Å². The molecule has 0 heterocycles. The first kappa shape index (κ1) is 11.7. The Labute approximate surface area is 99.6 Å². The molecule has 1 aromatic rings. The highest BCUT2D eigenvalue weighted by atomic mass is 32.2. The Morgan fingerprint density at radius 3 is 2.50 bits per heavy atom. The number of anilines is 1. The molecule has 0 atom stereocenters. The van der Waals surface area contributed by atoms with Crippen LogP contribution >= 0.6 is 11.8 Å². The summed E-state index contributed by atoms with van der Waals surface area (Å²) in [5.74, 6) is -0.271. The number of thioether (sulfide) groups is 1. The van der Waals surface area contributed by atoms with Gasteiger partial charge in [0, 0.05) is 21.9 Å². The molecule has 0 bridgehead atoms. The van der Waals surface area contributed by atoms with E-state index in [9.17, 15) is 4.39 Å². The highest BCUT2D eigenvalue weighted by molar-refractivity contribution is 8.00. The maximum Gasteiger partial charge on any atom is 0.125 e. The first-order valence-electron chi connectivity index (χ1n) is 5.62. The number of benzene rings is 1. The van der Waals surface area contributed by atoms with Gasteiger partial charge in [0.25, 0.3) is 0 Å². The molecular weight excluding hydrogens is 223 g/mol. The molecule has 1 fully saturated rings. The first-order chi connectivity index (χ1) is 7.65. The van der Waals surface area contributed by atoms with Gasteiger partial charge in [0.05, 0.1) is 0 Å². The zero-order chi connectivity index (χ0) is 11.5. The molecule has 2 nitrogen and oxygen atoms in total. The van der Waals surface area contributed by atoms with Crippen molar-refractivity contribution in [3.63, 3.8) is 0 Å². The summed E-state index contributed by atoms with van der Waals surface area (Å²) in [7, 11) is 0. The third kappa shape index (κ3) is 2.89. The van der Waals surface area contributed by atoms with E-state index in [0.29, 0.717) is 17.0 Å². The van der Waals surface area contributed by atoms with Gasteiger partial charge >= 0.3 is 0 Å². The molecule has 1 saturated carbocycles. The summed E-state index contributed by atoms with van der Waals surface area (Å²) in [6, 6.07) is 4.98. The monoisotopic (exact) mass is 240 g/mol. The van der Waals surface area contributed by atoms with Crippen LogP contribution in [0, 0.1) is 5.82 Å². The predicted molar refractivity (Wildman–Crippen MR) is 66.9 cm³/mol. The van der Waals surface area contributed by atoms with Gasteiger partial charge in [-0.25, -0.2) is 4.39 Å². The Balaban J connectivity index is 1.98. The van der Waals surface area contributed by atoms with Gasteiger partial charge < -0.3 is 11.5 Å². The molecule has 88 valence electrons. The van der Waals surface area contributed by atoms with Crippen molar-refractivity contribution < 1.29 is 4.39 Å². The zero-order valence-electron chi connectivity index (χ0n) is 9.16. The highest BCUT2D eigenvalue weighted by Gasteiger charge is 2.20. The summed E-state index contributed by atoms with van der Waals surface area (Å²) in [6.07, 6.45) is 4.42. The third-order valence-electron chi connectivity index (χ3n) is 2.98.